The quantitative estimate of drug-likeness (QED) is 0.742. The maximum absolute atomic E-state index is 6.05. The molecule has 1 atom stereocenters. The van der Waals surface area contributed by atoms with Gasteiger partial charge in [-0.3, -0.25) is 0 Å². The Morgan fingerprint density at radius 2 is 2.06 bits per heavy atom. The normalized spacial score (nSPS) is 12.8. The molecule has 0 bridgehead atoms. The van der Waals surface area contributed by atoms with Crippen molar-refractivity contribution in [2.45, 2.75) is 39.3 Å². The minimum Gasteiger partial charge on any atom is -0.491 e. The first kappa shape index (κ1) is 14.0. The van der Waals surface area contributed by atoms with Crippen LogP contribution in [-0.2, 0) is 4.74 Å². The first-order valence-electron chi connectivity index (χ1n) is 6.23. The lowest BCUT2D eigenvalue weighted by Crippen LogP contribution is -2.17. The van der Waals surface area contributed by atoms with Gasteiger partial charge in [-0.05, 0) is 38.0 Å². The number of hydrogen-bond donors (Lipinski definition) is 1. The van der Waals surface area contributed by atoms with Gasteiger partial charge >= 0.3 is 0 Å². The highest BCUT2D eigenvalue weighted by molar-refractivity contribution is 5.30. The lowest BCUT2D eigenvalue weighted by atomic mass is 10.1. The molecule has 0 aliphatic heterocycles. The van der Waals surface area contributed by atoms with Crippen LogP contribution < -0.4 is 10.5 Å². The van der Waals surface area contributed by atoms with Gasteiger partial charge in [0.05, 0.1) is 18.8 Å². The lowest BCUT2D eigenvalue weighted by Gasteiger charge is -2.15. The van der Waals surface area contributed by atoms with Gasteiger partial charge in [-0.25, -0.2) is 0 Å². The van der Waals surface area contributed by atoms with Crippen molar-refractivity contribution >= 4 is 0 Å². The molecule has 3 heteroatoms. The molecule has 0 aliphatic rings. The van der Waals surface area contributed by atoms with Crippen LogP contribution in [0.2, 0.25) is 0 Å². The summed E-state index contributed by atoms with van der Waals surface area (Å²) in [7, 11) is 0. The van der Waals surface area contributed by atoms with Crippen LogP contribution in [-0.4, -0.2) is 19.3 Å². The van der Waals surface area contributed by atoms with Crippen LogP contribution in [0.25, 0.3) is 0 Å². The van der Waals surface area contributed by atoms with E-state index in [-0.39, 0.29) is 12.1 Å². The molecule has 2 N–H and O–H groups in total. The van der Waals surface area contributed by atoms with E-state index in [4.69, 9.17) is 15.2 Å². The summed E-state index contributed by atoms with van der Waals surface area (Å²) in [6.07, 6.45) is 1.20. The fourth-order valence-corrected chi connectivity index (χ4v) is 1.54. The van der Waals surface area contributed by atoms with Crippen LogP contribution in [0, 0.1) is 0 Å². The van der Waals surface area contributed by atoms with E-state index in [0.29, 0.717) is 6.61 Å². The highest BCUT2D eigenvalue weighted by Crippen LogP contribution is 2.19. The molecule has 96 valence electrons. The molecular formula is C14H23NO2. The fourth-order valence-electron chi connectivity index (χ4n) is 1.54. The van der Waals surface area contributed by atoms with Gasteiger partial charge in [-0.15, -0.1) is 0 Å². The van der Waals surface area contributed by atoms with Crippen LogP contribution >= 0.6 is 0 Å². The third kappa shape index (κ3) is 5.20. The topological polar surface area (TPSA) is 44.5 Å². The summed E-state index contributed by atoms with van der Waals surface area (Å²) in [5, 5.41) is 0. The predicted octanol–water partition coefficient (Wildman–Crippen LogP) is 2.90. The molecular weight excluding hydrogens is 214 g/mol. The largest absolute Gasteiger partial charge is 0.491 e. The first-order valence-corrected chi connectivity index (χ1v) is 6.23. The first-order chi connectivity index (χ1) is 8.13. The van der Waals surface area contributed by atoms with Gasteiger partial charge in [0.1, 0.15) is 5.75 Å². The second-order valence-corrected chi connectivity index (χ2v) is 4.42. The summed E-state index contributed by atoms with van der Waals surface area (Å²) < 4.78 is 11.1. The van der Waals surface area contributed by atoms with Crippen molar-refractivity contribution in [3.05, 3.63) is 29.8 Å². The van der Waals surface area contributed by atoms with Gasteiger partial charge in [0.15, 0.2) is 0 Å². The summed E-state index contributed by atoms with van der Waals surface area (Å²) in [6.45, 7) is 7.42. The molecule has 0 fully saturated rings. The molecule has 1 unspecified atom stereocenters. The summed E-state index contributed by atoms with van der Waals surface area (Å²) in [5.41, 5.74) is 7.11. The van der Waals surface area contributed by atoms with Crippen molar-refractivity contribution in [2.24, 2.45) is 5.73 Å². The third-order valence-corrected chi connectivity index (χ3v) is 2.30. The highest BCUT2D eigenvalue weighted by Gasteiger charge is 2.07. The van der Waals surface area contributed by atoms with Crippen LogP contribution in [0.15, 0.2) is 24.3 Å². The molecule has 0 spiro atoms. The average Bonchev–Trinajstić information content (AvgIpc) is 2.28. The Labute approximate surface area is 104 Å². The minimum absolute atomic E-state index is 0.0859. The van der Waals surface area contributed by atoms with Gasteiger partial charge in [-0.1, -0.05) is 19.1 Å². The lowest BCUT2D eigenvalue weighted by molar-refractivity contribution is 0.121. The zero-order valence-corrected chi connectivity index (χ0v) is 11.0. The summed E-state index contributed by atoms with van der Waals surface area (Å²) in [5.74, 6) is 0.864. The number of ether oxygens (including phenoxy) is 2. The predicted molar refractivity (Wildman–Crippen MR) is 70.2 cm³/mol. The molecule has 0 saturated carbocycles. The van der Waals surface area contributed by atoms with Crippen LogP contribution in [0.3, 0.4) is 0 Å². The zero-order chi connectivity index (χ0) is 12.7. The molecule has 0 radical (unpaired) electrons. The van der Waals surface area contributed by atoms with E-state index < -0.39 is 0 Å². The fraction of sp³-hybridized carbons (Fsp3) is 0.571. The Balaban J connectivity index is 2.57. The van der Waals surface area contributed by atoms with Gasteiger partial charge in [-0.2, -0.15) is 0 Å². The minimum atomic E-state index is -0.0859. The summed E-state index contributed by atoms with van der Waals surface area (Å²) in [4.78, 5) is 0. The van der Waals surface area contributed by atoms with Crippen LogP contribution in [0.1, 0.15) is 38.8 Å². The number of nitrogens with two attached hydrogens (primary N) is 1. The summed E-state index contributed by atoms with van der Waals surface area (Å²) in [6, 6.07) is 7.82. The van der Waals surface area contributed by atoms with E-state index in [9.17, 15) is 0 Å². The van der Waals surface area contributed by atoms with Crippen molar-refractivity contribution < 1.29 is 9.47 Å². The standard InChI is InChI=1S/C14H23NO2/c1-4-8-16-10-14(15)12-6-5-7-13(9-12)17-11(2)3/h5-7,9,11,14H,4,8,10,15H2,1-3H3. The van der Waals surface area contributed by atoms with Crippen LogP contribution in [0.5, 0.6) is 5.75 Å². The van der Waals surface area contributed by atoms with E-state index in [0.717, 1.165) is 24.3 Å². The number of rotatable bonds is 7. The molecule has 17 heavy (non-hydrogen) atoms. The molecule has 0 aliphatic carbocycles. The van der Waals surface area contributed by atoms with Crippen molar-refractivity contribution in [1.82, 2.24) is 0 Å². The van der Waals surface area contributed by atoms with Crippen molar-refractivity contribution in [3.8, 4) is 5.75 Å². The van der Waals surface area contributed by atoms with E-state index in [1.807, 2.05) is 38.1 Å². The Morgan fingerprint density at radius 3 is 2.71 bits per heavy atom. The molecule has 0 saturated heterocycles. The monoisotopic (exact) mass is 237 g/mol. The summed E-state index contributed by atoms with van der Waals surface area (Å²) >= 11 is 0. The molecule has 1 aromatic carbocycles. The Morgan fingerprint density at radius 1 is 1.29 bits per heavy atom. The molecule has 0 amide bonds. The van der Waals surface area contributed by atoms with Crippen LogP contribution in [0.4, 0.5) is 0 Å². The number of benzene rings is 1. The van der Waals surface area contributed by atoms with Gasteiger partial charge in [0.25, 0.3) is 0 Å². The van der Waals surface area contributed by atoms with E-state index in [1.165, 1.54) is 0 Å². The molecule has 1 rings (SSSR count). The molecule has 0 heterocycles. The zero-order valence-electron chi connectivity index (χ0n) is 11.0. The Hall–Kier alpha value is -1.06. The van der Waals surface area contributed by atoms with Gasteiger partial charge in [0.2, 0.25) is 0 Å². The second-order valence-electron chi connectivity index (χ2n) is 4.42. The smallest absolute Gasteiger partial charge is 0.120 e. The second kappa shape index (κ2) is 7.30. The molecule has 3 nitrogen and oxygen atoms in total. The molecule has 0 aromatic heterocycles. The maximum atomic E-state index is 6.05. The maximum Gasteiger partial charge on any atom is 0.120 e. The van der Waals surface area contributed by atoms with E-state index in [2.05, 4.69) is 6.92 Å². The van der Waals surface area contributed by atoms with Crippen molar-refractivity contribution in [2.75, 3.05) is 13.2 Å². The molecule has 1 aromatic rings. The van der Waals surface area contributed by atoms with E-state index in [1.54, 1.807) is 0 Å². The van der Waals surface area contributed by atoms with Crippen molar-refractivity contribution in [3.63, 3.8) is 0 Å². The van der Waals surface area contributed by atoms with E-state index >= 15 is 0 Å². The van der Waals surface area contributed by atoms with Gasteiger partial charge in [0, 0.05) is 6.61 Å². The Bertz CT molecular complexity index is 326. The average molecular weight is 237 g/mol. The van der Waals surface area contributed by atoms with Gasteiger partial charge < -0.3 is 15.2 Å². The third-order valence-electron chi connectivity index (χ3n) is 2.30. The Kier molecular flexibility index (Phi) is 6.01. The number of hydrogen-bond acceptors (Lipinski definition) is 3. The SMILES string of the molecule is CCCOCC(N)c1cccc(OC(C)C)c1. The highest BCUT2D eigenvalue weighted by atomic mass is 16.5. The van der Waals surface area contributed by atoms with Crippen molar-refractivity contribution in [1.29, 1.82) is 0 Å².